The Morgan fingerprint density at radius 1 is 0.806 bits per heavy atom. The number of para-hydroxylation sites is 1. The number of amides is 1. The first-order valence-electron chi connectivity index (χ1n) is 10.7. The molecule has 1 aliphatic heterocycles. The number of carbonyl (C=O) groups excluding carboxylic acids is 1. The molecule has 0 saturated carbocycles. The molecule has 4 rings (SSSR count). The Labute approximate surface area is 192 Å². The van der Waals surface area contributed by atoms with Crippen LogP contribution in [0.5, 0.6) is 5.75 Å². The Hall–Kier alpha value is -2.63. The van der Waals surface area contributed by atoms with E-state index >= 15 is 0 Å². The zero-order valence-corrected chi connectivity index (χ0v) is 19.2. The third-order valence-corrected chi connectivity index (χ3v) is 6.22. The fourth-order valence-corrected chi connectivity index (χ4v) is 4.37. The van der Waals surface area contributed by atoms with Gasteiger partial charge in [0, 0.05) is 30.7 Å². The van der Waals surface area contributed by atoms with Gasteiger partial charge < -0.3 is 9.64 Å². The zero-order chi connectivity index (χ0) is 21.6. The summed E-state index contributed by atoms with van der Waals surface area (Å²) in [6.45, 7) is 4.86. The highest BCUT2D eigenvalue weighted by Gasteiger charge is 2.30. The van der Waals surface area contributed by atoms with Crippen LogP contribution in [0, 0.1) is 0 Å². The molecule has 0 aliphatic carbocycles. The quantitative estimate of drug-likeness (QED) is 0.490. The highest BCUT2D eigenvalue weighted by Crippen LogP contribution is 2.30. The highest BCUT2D eigenvalue weighted by molar-refractivity contribution is 9.10. The third kappa shape index (κ3) is 5.35. The molecule has 31 heavy (non-hydrogen) atoms. The molecule has 0 spiro atoms. The van der Waals surface area contributed by atoms with Crippen molar-refractivity contribution in [3.63, 3.8) is 0 Å². The molecule has 1 fully saturated rings. The van der Waals surface area contributed by atoms with Crippen LogP contribution in [0.25, 0.3) is 0 Å². The van der Waals surface area contributed by atoms with Gasteiger partial charge in [-0.3, -0.25) is 9.69 Å². The average Bonchev–Trinajstić information content (AvgIpc) is 2.82. The van der Waals surface area contributed by atoms with Crippen LogP contribution in [0.1, 0.15) is 24.1 Å². The van der Waals surface area contributed by atoms with E-state index in [0.29, 0.717) is 13.1 Å². The van der Waals surface area contributed by atoms with Crippen LogP contribution in [0.15, 0.2) is 89.4 Å². The summed E-state index contributed by atoms with van der Waals surface area (Å²) in [6, 6.07) is 28.8. The van der Waals surface area contributed by atoms with Crippen molar-refractivity contribution in [3.05, 3.63) is 101 Å². The fraction of sp³-hybridized carbons (Fsp3) is 0.269. The summed E-state index contributed by atoms with van der Waals surface area (Å²) in [5.41, 5.74) is 2.53. The summed E-state index contributed by atoms with van der Waals surface area (Å²) in [6.07, 6.45) is -0.495. The number of hydrogen-bond acceptors (Lipinski definition) is 3. The largest absolute Gasteiger partial charge is 0.481 e. The number of rotatable bonds is 6. The predicted octanol–water partition coefficient (Wildman–Crippen LogP) is 5.15. The van der Waals surface area contributed by atoms with E-state index < -0.39 is 6.10 Å². The molecule has 160 valence electrons. The van der Waals surface area contributed by atoms with Crippen molar-refractivity contribution in [2.24, 2.45) is 0 Å². The van der Waals surface area contributed by atoms with Gasteiger partial charge in [0.1, 0.15) is 5.75 Å². The second-order valence-corrected chi connectivity index (χ2v) is 8.71. The van der Waals surface area contributed by atoms with E-state index in [0.717, 1.165) is 23.3 Å². The molecule has 3 aromatic rings. The van der Waals surface area contributed by atoms with Crippen molar-refractivity contribution in [3.8, 4) is 5.75 Å². The first kappa shape index (κ1) is 21.6. The molecule has 1 saturated heterocycles. The van der Waals surface area contributed by atoms with E-state index in [1.54, 1.807) is 0 Å². The first-order chi connectivity index (χ1) is 15.1. The van der Waals surface area contributed by atoms with Crippen molar-refractivity contribution in [1.29, 1.82) is 0 Å². The van der Waals surface area contributed by atoms with Gasteiger partial charge in [-0.2, -0.15) is 0 Å². The SMILES string of the molecule is C[C@H](Oc1ccccc1)C(=O)N1CCN([C@H](c2ccccc2)c2ccc(Br)cc2)CC1. The lowest BCUT2D eigenvalue weighted by atomic mass is 9.96. The van der Waals surface area contributed by atoms with Crippen LogP contribution in [0.2, 0.25) is 0 Å². The highest BCUT2D eigenvalue weighted by atomic mass is 79.9. The molecule has 4 nitrogen and oxygen atoms in total. The lowest BCUT2D eigenvalue weighted by Gasteiger charge is -2.40. The number of halogens is 1. The first-order valence-corrected chi connectivity index (χ1v) is 11.5. The maximum Gasteiger partial charge on any atom is 0.263 e. The van der Waals surface area contributed by atoms with Crippen molar-refractivity contribution in [2.75, 3.05) is 26.2 Å². The molecule has 0 unspecified atom stereocenters. The monoisotopic (exact) mass is 478 g/mol. The van der Waals surface area contributed by atoms with Crippen molar-refractivity contribution in [2.45, 2.75) is 19.1 Å². The van der Waals surface area contributed by atoms with Crippen LogP contribution in [-0.2, 0) is 4.79 Å². The van der Waals surface area contributed by atoms with Crippen LogP contribution in [0.3, 0.4) is 0 Å². The van der Waals surface area contributed by atoms with Crippen LogP contribution in [-0.4, -0.2) is 48.0 Å². The Morgan fingerprint density at radius 3 is 1.97 bits per heavy atom. The Morgan fingerprint density at radius 2 is 1.35 bits per heavy atom. The maximum absolute atomic E-state index is 12.9. The van der Waals surface area contributed by atoms with E-state index in [1.807, 2.05) is 48.2 Å². The summed E-state index contributed by atoms with van der Waals surface area (Å²) in [5.74, 6) is 0.768. The summed E-state index contributed by atoms with van der Waals surface area (Å²) in [5, 5.41) is 0. The third-order valence-electron chi connectivity index (χ3n) is 5.70. The molecule has 0 aromatic heterocycles. The molecular formula is C26H27BrN2O2. The normalized spacial score (nSPS) is 16.5. The number of nitrogens with zero attached hydrogens (tertiary/aromatic N) is 2. The number of benzene rings is 3. The minimum Gasteiger partial charge on any atom is -0.481 e. The smallest absolute Gasteiger partial charge is 0.263 e. The minimum atomic E-state index is -0.495. The number of ether oxygens (including phenoxy) is 1. The lowest BCUT2D eigenvalue weighted by molar-refractivity contribution is -0.140. The second-order valence-electron chi connectivity index (χ2n) is 7.80. The molecule has 0 bridgehead atoms. The number of hydrogen-bond donors (Lipinski definition) is 0. The van der Waals surface area contributed by atoms with Gasteiger partial charge in [0.25, 0.3) is 5.91 Å². The topological polar surface area (TPSA) is 32.8 Å². The second kappa shape index (κ2) is 10.1. The molecule has 1 amide bonds. The maximum atomic E-state index is 12.9. The average molecular weight is 479 g/mol. The molecule has 1 aliphatic rings. The van der Waals surface area contributed by atoms with E-state index in [2.05, 4.69) is 69.4 Å². The Balaban J connectivity index is 1.44. The molecule has 0 radical (unpaired) electrons. The molecule has 1 heterocycles. The molecular weight excluding hydrogens is 452 g/mol. The molecule has 3 aromatic carbocycles. The summed E-state index contributed by atoms with van der Waals surface area (Å²) >= 11 is 3.54. The van der Waals surface area contributed by atoms with Crippen molar-refractivity contribution in [1.82, 2.24) is 9.80 Å². The lowest BCUT2D eigenvalue weighted by Crippen LogP contribution is -2.52. The van der Waals surface area contributed by atoms with Gasteiger partial charge >= 0.3 is 0 Å². The van der Waals surface area contributed by atoms with E-state index in [1.165, 1.54) is 11.1 Å². The van der Waals surface area contributed by atoms with E-state index in [4.69, 9.17) is 4.74 Å². The van der Waals surface area contributed by atoms with E-state index in [9.17, 15) is 4.79 Å². The number of piperazine rings is 1. The van der Waals surface area contributed by atoms with Gasteiger partial charge in [0.2, 0.25) is 0 Å². The molecule has 5 heteroatoms. The minimum absolute atomic E-state index is 0.0448. The summed E-state index contributed by atoms with van der Waals surface area (Å²) in [7, 11) is 0. The van der Waals surface area contributed by atoms with Gasteiger partial charge in [0.05, 0.1) is 6.04 Å². The molecule has 0 N–H and O–H groups in total. The molecule has 2 atom stereocenters. The van der Waals surface area contributed by atoms with Crippen LogP contribution >= 0.6 is 15.9 Å². The number of carbonyl (C=O) groups is 1. The van der Waals surface area contributed by atoms with Crippen LogP contribution < -0.4 is 4.74 Å². The standard InChI is InChI=1S/C26H27BrN2O2/c1-20(31-24-10-6-3-7-11-24)26(30)29-18-16-28(17-19-29)25(21-8-4-2-5-9-21)22-12-14-23(27)15-13-22/h2-15,20,25H,16-19H2,1H3/t20-,25+/m0/s1. The van der Waals surface area contributed by atoms with Crippen LogP contribution in [0.4, 0.5) is 0 Å². The predicted molar refractivity (Wildman–Crippen MR) is 127 cm³/mol. The van der Waals surface area contributed by atoms with Gasteiger partial charge in [-0.1, -0.05) is 76.6 Å². The van der Waals surface area contributed by atoms with E-state index in [-0.39, 0.29) is 11.9 Å². The fourth-order valence-electron chi connectivity index (χ4n) is 4.11. The van der Waals surface area contributed by atoms with Gasteiger partial charge in [-0.25, -0.2) is 0 Å². The zero-order valence-electron chi connectivity index (χ0n) is 17.7. The van der Waals surface area contributed by atoms with Gasteiger partial charge in [-0.15, -0.1) is 0 Å². The van der Waals surface area contributed by atoms with Gasteiger partial charge in [0.15, 0.2) is 6.10 Å². The Kier molecular flexibility index (Phi) is 7.05. The van der Waals surface area contributed by atoms with Crippen molar-refractivity contribution < 1.29 is 9.53 Å². The summed E-state index contributed by atoms with van der Waals surface area (Å²) < 4.78 is 6.92. The Bertz CT molecular complexity index is 971. The summed E-state index contributed by atoms with van der Waals surface area (Å²) in [4.78, 5) is 17.3. The van der Waals surface area contributed by atoms with Crippen molar-refractivity contribution >= 4 is 21.8 Å². The van der Waals surface area contributed by atoms with Gasteiger partial charge in [-0.05, 0) is 42.3 Å².